The summed E-state index contributed by atoms with van der Waals surface area (Å²) in [4.78, 5) is 0. The second kappa shape index (κ2) is 5.78. The molecule has 1 heterocycles. The summed E-state index contributed by atoms with van der Waals surface area (Å²) in [5.74, 6) is 1.69. The van der Waals surface area contributed by atoms with Crippen molar-refractivity contribution in [2.45, 2.75) is 39.3 Å². The number of benzene rings is 1. The smallest absolute Gasteiger partial charge is 0.230 e. The summed E-state index contributed by atoms with van der Waals surface area (Å²) >= 11 is 0. The number of aromatic nitrogens is 2. The second-order valence-corrected chi connectivity index (χ2v) is 4.58. The largest absolute Gasteiger partial charge is 0.424 e. The summed E-state index contributed by atoms with van der Waals surface area (Å²) in [6.45, 7) is 6.79. The summed E-state index contributed by atoms with van der Waals surface area (Å²) in [5.41, 5.74) is 1.33. The van der Waals surface area contributed by atoms with Gasteiger partial charge in [0.15, 0.2) is 0 Å². The van der Waals surface area contributed by atoms with Crippen LogP contribution in [0.15, 0.2) is 34.7 Å². The van der Waals surface area contributed by atoms with Crippen molar-refractivity contribution >= 4 is 0 Å². The van der Waals surface area contributed by atoms with E-state index in [1.165, 1.54) is 5.56 Å². The Kier molecular flexibility index (Phi) is 4.10. The van der Waals surface area contributed by atoms with Gasteiger partial charge in [-0.25, -0.2) is 0 Å². The molecule has 0 radical (unpaired) electrons. The Balaban J connectivity index is 1.90. The van der Waals surface area contributed by atoms with Crippen molar-refractivity contribution in [3.63, 3.8) is 0 Å². The maximum absolute atomic E-state index is 5.33. The molecule has 96 valence electrons. The summed E-state index contributed by atoms with van der Waals surface area (Å²) in [6, 6.07) is 10.8. The van der Waals surface area contributed by atoms with Crippen LogP contribution in [-0.2, 0) is 6.54 Å². The van der Waals surface area contributed by atoms with Crippen molar-refractivity contribution in [2.24, 2.45) is 0 Å². The van der Waals surface area contributed by atoms with Gasteiger partial charge in [0, 0.05) is 13.0 Å². The molecule has 0 unspecified atom stereocenters. The first kappa shape index (κ1) is 12.8. The van der Waals surface area contributed by atoms with Crippen LogP contribution in [-0.4, -0.2) is 16.2 Å². The highest BCUT2D eigenvalue weighted by Gasteiger charge is 2.14. The third kappa shape index (κ3) is 3.17. The molecule has 2 atom stereocenters. The Bertz CT molecular complexity index is 481. The molecule has 1 aromatic carbocycles. The van der Waals surface area contributed by atoms with Gasteiger partial charge in [0.1, 0.15) is 0 Å². The average molecular weight is 245 g/mol. The van der Waals surface area contributed by atoms with E-state index in [0.717, 1.165) is 0 Å². The highest BCUT2D eigenvalue weighted by Crippen LogP contribution is 2.18. The van der Waals surface area contributed by atoms with Crippen LogP contribution >= 0.6 is 0 Å². The van der Waals surface area contributed by atoms with E-state index < -0.39 is 0 Å². The van der Waals surface area contributed by atoms with Gasteiger partial charge in [0.25, 0.3) is 0 Å². The lowest BCUT2D eigenvalue weighted by Gasteiger charge is -2.21. The van der Waals surface area contributed by atoms with Gasteiger partial charge in [-0.05, 0) is 18.4 Å². The fraction of sp³-hybridized carbons (Fsp3) is 0.429. The van der Waals surface area contributed by atoms with Gasteiger partial charge in [0.05, 0.1) is 6.54 Å². The number of hydrogen-bond acceptors (Lipinski definition) is 4. The van der Waals surface area contributed by atoms with Gasteiger partial charge < -0.3 is 9.73 Å². The predicted molar refractivity (Wildman–Crippen MR) is 70.2 cm³/mol. The Morgan fingerprint density at radius 2 is 1.89 bits per heavy atom. The molecule has 0 aliphatic carbocycles. The molecule has 0 saturated heterocycles. The number of rotatable bonds is 5. The van der Waals surface area contributed by atoms with E-state index in [1.54, 1.807) is 6.92 Å². The standard InChI is InChI=1S/C14H19N3O/c1-10(13-7-5-4-6-8-13)11(2)15-9-14-17-16-12(3)18-14/h4-8,10-11,15H,9H2,1-3H3/t10-,11+/m0/s1. The second-order valence-electron chi connectivity index (χ2n) is 4.58. The SMILES string of the molecule is Cc1nnc(CN[C@H](C)[C@H](C)c2ccccc2)o1. The molecule has 0 amide bonds. The molecule has 4 heteroatoms. The lowest BCUT2D eigenvalue weighted by molar-refractivity contribution is 0.409. The first-order valence-electron chi connectivity index (χ1n) is 6.24. The molecule has 0 aliphatic rings. The third-order valence-electron chi connectivity index (χ3n) is 3.22. The van der Waals surface area contributed by atoms with Gasteiger partial charge in [-0.1, -0.05) is 37.3 Å². The van der Waals surface area contributed by atoms with E-state index >= 15 is 0 Å². The zero-order valence-corrected chi connectivity index (χ0v) is 11.1. The third-order valence-corrected chi connectivity index (χ3v) is 3.22. The van der Waals surface area contributed by atoms with Gasteiger partial charge in [-0.2, -0.15) is 0 Å². The van der Waals surface area contributed by atoms with Crippen molar-refractivity contribution < 1.29 is 4.42 Å². The molecule has 0 saturated carbocycles. The van der Waals surface area contributed by atoms with Gasteiger partial charge in [-0.3, -0.25) is 0 Å². The molecular formula is C14H19N3O. The van der Waals surface area contributed by atoms with Crippen LogP contribution in [0.2, 0.25) is 0 Å². The maximum atomic E-state index is 5.33. The number of hydrogen-bond donors (Lipinski definition) is 1. The molecule has 1 N–H and O–H groups in total. The van der Waals surface area contributed by atoms with Crippen LogP contribution in [0, 0.1) is 6.92 Å². The van der Waals surface area contributed by atoms with Crippen molar-refractivity contribution in [1.82, 2.24) is 15.5 Å². The Labute approximate surface area is 107 Å². The average Bonchev–Trinajstić information content (AvgIpc) is 2.82. The quantitative estimate of drug-likeness (QED) is 0.879. The Morgan fingerprint density at radius 3 is 2.50 bits per heavy atom. The topological polar surface area (TPSA) is 51.0 Å². The minimum absolute atomic E-state index is 0.347. The van der Waals surface area contributed by atoms with E-state index in [2.05, 4.69) is 53.6 Å². The Morgan fingerprint density at radius 1 is 1.17 bits per heavy atom. The van der Waals surface area contributed by atoms with E-state index in [-0.39, 0.29) is 0 Å². The molecule has 0 fully saturated rings. The zero-order valence-electron chi connectivity index (χ0n) is 11.1. The lowest BCUT2D eigenvalue weighted by Crippen LogP contribution is -2.30. The highest BCUT2D eigenvalue weighted by molar-refractivity contribution is 5.20. The van der Waals surface area contributed by atoms with Crippen LogP contribution < -0.4 is 5.32 Å². The van der Waals surface area contributed by atoms with Crippen molar-refractivity contribution in [3.05, 3.63) is 47.7 Å². The lowest BCUT2D eigenvalue weighted by atomic mass is 9.94. The number of nitrogens with zero attached hydrogens (tertiary/aromatic N) is 2. The summed E-state index contributed by atoms with van der Waals surface area (Å²) in [5, 5.41) is 11.2. The van der Waals surface area contributed by atoms with E-state index in [0.29, 0.717) is 30.3 Å². The molecule has 2 aromatic rings. The van der Waals surface area contributed by atoms with Crippen molar-refractivity contribution in [1.29, 1.82) is 0 Å². The monoisotopic (exact) mass is 245 g/mol. The summed E-state index contributed by atoms with van der Waals surface area (Å²) < 4.78 is 5.33. The van der Waals surface area contributed by atoms with Crippen molar-refractivity contribution in [2.75, 3.05) is 0 Å². The van der Waals surface area contributed by atoms with E-state index in [1.807, 2.05) is 6.07 Å². The molecular weight excluding hydrogens is 226 g/mol. The highest BCUT2D eigenvalue weighted by atomic mass is 16.4. The molecule has 0 bridgehead atoms. The molecule has 0 spiro atoms. The van der Waals surface area contributed by atoms with Crippen LogP contribution in [0.5, 0.6) is 0 Å². The van der Waals surface area contributed by atoms with Crippen molar-refractivity contribution in [3.8, 4) is 0 Å². The van der Waals surface area contributed by atoms with E-state index in [9.17, 15) is 0 Å². The summed E-state index contributed by atoms with van der Waals surface area (Å²) in [6.07, 6.45) is 0. The van der Waals surface area contributed by atoms with Crippen LogP contribution in [0.1, 0.15) is 37.1 Å². The maximum Gasteiger partial charge on any atom is 0.230 e. The fourth-order valence-corrected chi connectivity index (χ4v) is 1.88. The van der Waals surface area contributed by atoms with Crippen LogP contribution in [0.4, 0.5) is 0 Å². The van der Waals surface area contributed by atoms with Gasteiger partial charge >= 0.3 is 0 Å². The minimum atomic E-state index is 0.347. The number of nitrogens with one attached hydrogen (secondary N) is 1. The molecule has 18 heavy (non-hydrogen) atoms. The van der Waals surface area contributed by atoms with Crippen LogP contribution in [0.3, 0.4) is 0 Å². The van der Waals surface area contributed by atoms with Gasteiger partial charge in [-0.15, -0.1) is 10.2 Å². The number of aryl methyl sites for hydroxylation is 1. The Hall–Kier alpha value is -1.68. The minimum Gasteiger partial charge on any atom is -0.424 e. The first-order valence-corrected chi connectivity index (χ1v) is 6.24. The van der Waals surface area contributed by atoms with Gasteiger partial charge in [0.2, 0.25) is 11.8 Å². The van der Waals surface area contributed by atoms with Crippen LogP contribution in [0.25, 0.3) is 0 Å². The molecule has 2 rings (SSSR count). The molecule has 4 nitrogen and oxygen atoms in total. The molecule has 1 aromatic heterocycles. The normalized spacial score (nSPS) is 14.4. The van der Waals surface area contributed by atoms with E-state index in [4.69, 9.17) is 4.42 Å². The fourth-order valence-electron chi connectivity index (χ4n) is 1.88. The zero-order chi connectivity index (χ0) is 13.0. The first-order chi connectivity index (χ1) is 8.66. The summed E-state index contributed by atoms with van der Waals surface area (Å²) in [7, 11) is 0. The predicted octanol–water partition coefficient (Wildman–Crippen LogP) is 2.66. The molecule has 0 aliphatic heterocycles.